The fourth-order valence-corrected chi connectivity index (χ4v) is 1.24. The summed E-state index contributed by atoms with van der Waals surface area (Å²) in [6, 6.07) is 4.46. The maximum atomic E-state index is 5.59. The number of hydrogen-bond donors (Lipinski definition) is 1. The van der Waals surface area contributed by atoms with Gasteiger partial charge in [0.2, 0.25) is 0 Å². The highest BCUT2D eigenvalue weighted by molar-refractivity contribution is 5.15. The number of rotatable bonds is 4. The van der Waals surface area contributed by atoms with Gasteiger partial charge in [-0.15, -0.1) is 0 Å². The number of aromatic nitrogens is 1. The number of nitrogens with zero attached hydrogens (tertiary/aromatic N) is 1. The van der Waals surface area contributed by atoms with Crippen molar-refractivity contribution in [1.82, 2.24) is 10.3 Å². The van der Waals surface area contributed by atoms with Crippen molar-refractivity contribution in [2.24, 2.45) is 0 Å². The van der Waals surface area contributed by atoms with Gasteiger partial charge in [-0.2, -0.15) is 0 Å². The van der Waals surface area contributed by atoms with Gasteiger partial charge < -0.3 is 4.74 Å². The molecule has 2 rings (SSSR count). The fourth-order valence-electron chi connectivity index (χ4n) is 1.24. The van der Waals surface area contributed by atoms with Gasteiger partial charge in [0.05, 0.1) is 6.20 Å². The maximum Gasteiger partial charge on any atom is 0.147 e. The van der Waals surface area contributed by atoms with Crippen molar-refractivity contribution < 1.29 is 4.74 Å². The average molecular weight is 178 g/mol. The van der Waals surface area contributed by atoms with Gasteiger partial charge in [-0.05, 0) is 31.9 Å². The van der Waals surface area contributed by atoms with Crippen LogP contribution in [0.15, 0.2) is 24.5 Å². The monoisotopic (exact) mass is 178 g/mol. The standard InChI is InChI=1S/C10H14N2O/c1-8(12-9-4-5-9)13-10-3-2-6-11-7-10/h2-3,6-9,12H,4-5H2,1H3. The summed E-state index contributed by atoms with van der Waals surface area (Å²) in [4.78, 5) is 3.98. The Kier molecular flexibility index (Phi) is 2.45. The van der Waals surface area contributed by atoms with E-state index in [2.05, 4.69) is 10.3 Å². The van der Waals surface area contributed by atoms with Crippen molar-refractivity contribution in [2.45, 2.75) is 32.0 Å². The minimum atomic E-state index is 0.0803. The third-order valence-corrected chi connectivity index (χ3v) is 2.00. The number of nitrogens with one attached hydrogen (secondary N) is 1. The molecule has 13 heavy (non-hydrogen) atoms. The summed E-state index contributed by atoms with van der Waals surface area (Å²) in [5, 5.41) is 3.35. The Balaban J connectivity index is 1.82. The molecule has 0 amide bonds. The van der Waals surface area contributed by atoms with Gasteiger partial charge in [0.1, 0.15) is 12.0 Å². The topological polar surface area (TPSA) is 34.1 Å². The van der Waals surface area contributed by atoms with Crippen LogP contribution in [0.2, 0.25) is 0 Å². The van der Waals surface area contributed by atoms with E-state index in [1.54, 1.807) is 12.4 Å². The molecule has 3 nitrogen and oxygen atoms in total. The molecule has 1 aliphatic carbocycles. The van der Waals surface area contributed by atoms with Crippen LogP contribution in [0.25, 0.3) is 0 Å². The smallest absolute Gasteiger partial charge is 0.147 e. The van der Waals surface area contributed by atoms with E-state index in [1.165, 1.54) is 12.8 Å². The maximum absolute atomic E-state index is 5.59. The summed E-state index contributed by atoms with van der Waals surface area (Å²) >= 11 is 0. The van der Waals surface area contributed by atoms with Gasteiger partial charge in [-0.25, -0.2) is 0 Å². The molecule has 0 bridgehead atoms. The minimum absolute atomic E-state index is 0.0803. The zero-order valence-corrected chi connectivity index (χ0v) is 7.73. The zero-order valence-electron chi connectivity index (χ0n) is 7.73. The number of hydrogen-bond acceptors (Lipinski definition) is 3. The van der Waals surface area contributed by atoms with E-state index in [0.717, 1.165) is 5.75 Å². The first kappa shape index (κ1) is 8.51. The molecule has 1 aromatic rings. The second-order valence-electron chi connectivity index (χ2n) is 3.39. The van der Waals surface area contributed by atoms with E-state index in [4.69, 9.17) is 4.74 Å². The van der Waals surface area contributed by atoms with Crippen LogP contribution in [0.3, 0.4) is 0 Å². The van der Waals surface area contributed by atoms with Crippen molar-refractivity contribution in [3.05, 3.63) is 24.5 Å². The normalized spacial score (nSPS) is 18.2. The molecule has 0 spiro atoms. The molecule has 0 aromatic carbocycles. The predicted octanol–water partition coefficient (Wildman–Crippen LogP) is 1.56. The lowest BCUT2D eigenvalue weighted by molar-refractivity contribution is 0.180. The highest BCUT2D eigenvalue weighted by Crippen LogP contribution is 2.20. The molecule has 70 valence electrons. The lowest BCUT2D eigenvalue weighted by Gasteiger charge is -2.15. The van der Waals surface area contributed by atoms with E-state index in [1.807, 2.05) is 19.1 Å². The lowest BCUT2D eigenvalue weighted by Crippen LogP contribution is -2.33. The zero-order chi connectivity index (χ0) is 9.10. The van der Waals surface area contributed by atoms with Gasteiger partial charge in [-0.1, -0.05) is 0 Å². The molecule has 0 aliphatic heterocycles. The Morgan fingerprint density at radius 3 is 3.08 bits per heavy atom. The molecule has 1 aromatic heterocycles. The Labute approximate surface area is 78.1 Å². The minimum Gasteiger partial charge on any atom is -0.474 e. The molecular weight excluding hydrogens is 164 g/mol. The Morgan fingerprint density at radius 1 is 1.62 bits per heavy atom. The van der Waals surface area contributed by atoms with Gasteiger partial charge in [0, 0.05) is 12.2 Å². The number of ether oxygens (including phenoxy) is 1. The van der Waals surface area contributed by atoms with Crippen LogP contribution in [-0.2, 0) is 0 Å². The third kappa shape index (κ3) is 2.70. The Bertz CT molecular complexity index is 259. The molecule has 1 N–H and O–H groups in total. The Morgan fingerprint density at radius 2 is 2.46 bits per heavy atom. The van der Waals surface area contributed by atoms with Gasteiger partial charge in [0.25, 0.3) is 0 Å². The van der Waals surface area contributed by atoms with Crippen molar-refractivity contribution in [3.63, 3.8) is 0 Å². The van der Waals surface area contributed by atoms with Crippen LogP contribution in [-0.4, -0.2) is 17.3 Å². The molecule has 0 radical (unpaired) electrons. The highest BCUT2D eigenvalue weighted by Gasteiger charge is 2.23. The first-order valence-electron chi connectivity index (χ1n) is 4.67. The largest absolute Gasteiger partial charge is 0.474 e. The van der Waals surface area contributed by atoms with Crippen LogP contribution < -0.4 is 10.1 Å². The van der Waals surface area contributed by atoms with Crippen LogP contribution in [0.4, 0.5) is 0 Å². The highest BCUT2D eigenvalue weighted by atomic mass is 16.5. The summed E-state index contributed by atoms with van der Waals surface area (Å²) in [5.74, 6) is 0.822. The van der Waals surface area contributed by atoms with Crippen molar-refractivity contribution in [2.75, 3.05) is 0 Å². The summed E-state index contributed by atoms with van der Waals surface area (Å²) < 4.78 is 5.59. The average Bonchev–Trinajstić information content (AvgIpc) is 2.90. The van der Waals surface area contributed by atoms with Crippen molar-refractivity contribution in [3.8, 4) is 5.75 Å². The van der Waals surface area contributed by atoms with Gasteiger partial charge in [0.15, 0.2) is 0 Å². The second-order valence-corrected chi connectivity index (χ2v) is 3.39. The summed E-state index contributed by atoms with van der Waals surface area (Å²) in [5.41, 5.74) is 0. The Hall–Kier alpha value is -1.09. The summed E-state index contributed by atoms with van der Waals surface area (Å²) in [6.45, 7) is 2.02. The van der Waals surface area contributed by atoms with E-state index < -0.39 is 0 Å². The first-order chi connectivity index (χ1) is 6.34. The van der Waals surface area contributed by atoms with Crippen molar-refractivity contribution in [1.29, 1.82) is 0 Å². The molecule has 1 heterocycles. The van der Waals surface area contributed by atoms with E-state index in [0.29, 0.717) is 6.04 Å². The quantitative estimate of drug-likeness (QED) is 0.710. The summed E-state index contributed by atoms with van der Waals surface area (Å²) in [7, 11) is 0. The molecule has 1 saturated carbocycles. The van der Waals surface area contributed by atoms with Crippen LogP contribution in [0.5, 0.6) is 5.75 Å². The predicted molar refractivity (Wildman–Crippen MR) is 50.5 cm³/mol. The van der Waals surface area contributed by atoms with Crippen molar-refractivity contribution >= 4 is 0 Å². The first-order valence-corrected chi connectivity index (χ1v) is 4.67. The van der Waals surface area contributed by atoms with Crippen LogP contribution in [0, 0.1) is 0 Å². The SMILES string of the molecule is CC(NC1CC1)Oc1cccnc1. The van der Waals surface area contributed by atoms with Crippen LogP contribution >= 0.6 is 0 Å². The molecule has 1 aliphatic rings. The van der Waals surface area contributed by atoms with Gasteiger partial charge in [-0.3, -0.25) is 10.3 Å². The van der Waals surface area contributed by atoms with Gasteiger partial charge >= 0.3 is 0 Å². The second kappa shape index (κ2) is 3.75. The fraction of sp³-hybridized carbons (Fsp3) is 0.500. The van der Waals surface area contributed by atoms with E-state index in [9.17, 15) is 0 Å². The molecular formula is C10H14N2O. The molecule has 1 unspecified atom stereocenters. The van der Waals surface area contributed by atoms with Crippen LogP contribution in [0.1, 0.15) is 19.8 Å². The number of pyridine rings is 1. The third-order valence-electron chi connectivity index (χ3n) is 2.00. The molecule has 0 saturated heterocycles. The molecule has 1 fully saturated rings. The molecule has 1 atom stereocenters. The lowest BCUT2D eigenvalue weighted by atomic mass is 10.4. The molecule has 3 heteroatoms. The van der Waals surface area contributed by atoms with E-state index in [-0.39, 0.29) is 6.23 Å². The summed E-state index contributed by atoms with van der Waals surface area (Å²) in [6.07, 6.45) is 6.11. The van der Waals surface area contributed by atoms with E-state index >= 15 is 0 Å².